The lowest BCUT2D eigenvalue weighted by Gasteiger charge is -2.23. The summed E-state index contributed by atoms with van der Waals surface area (Å²) in [6, 6.07) is 12.5. The molecule has 28 heavy (non-hydrogen) atoms. The number of halogens is 1. The van der Waals surface area contributed by atoms with E-state index in [4.69, 9.17) is 9.47 Å². The second-order valence-corrected chi connectivity index (χ2v) is 7.37. The lowest BCUT2D eigenvalue weighted by atomic mass is 10.1. The average Bonchev–Trinajstić information content (AvgIpc) is 2.99. The number of nitrogens with zero attached hydrogens (tertiary/aromatic N) is 2. The van der Waals surface area contributed by atoms with Crippen molar-refractivity contribution in [3.05, 3.63) is 58.1 Å². The Morgan fingerprint density at radius 1 is 0.857 bits per heavy atom. The van der Waals surface area contributed by atoms with Crippen LogP contribution in [0, 0.1) is 0 Å². The minimum absolute atomic E-state index is 0.0233. The number of ether oxygens (including phenoxy) is 2. The van der Waals surface area contributed by atoms with E-state index < -0.39 is 0 Å². The normalized spacial score (nSPS) is 14.4. The number of hydrogen-bond donors (Lipinski definition) is 0. The average molecular weight is 447 g/mol. The number of carbonyl (C=O) groups excluding carboxylic acids is 2. The Morgan fingerprint density at radius 2 is 1.43 bits per heavy atom. The molecule has 0 aliphatic carbocycles. The van der Waals surface area contributed by atoms with Crippen LogP contribution in [0.25, 0.3) is 0 Å². The Morgan fingerprint density at radius 3 is 2.00 bits per heavy atom. The van der Waals surface area contributed by atoms with Crippen molar-refractivity contribution in [1.29, 1.82) is 0 Å². The fourth-order valence-electron chi connectivity index (χ4n) is 3.24. The van der Waals surface area contributed by atoms with Crippen LogP contribution in [0.2, 0.25) is 0 Å². The monoisotopic (exact) mass is 446 g/mol. The molecule has 0 radical (unpaired) electrons. The predicted molar refractivity (Wildman–Crippen MR) is 110 cm³/mol. The molecule has 7 heteroatoms. The van der Waals surface area contributed by atoms with Gasteiger partial charge < -0.3 is 19.3 Å². The van der Waals surface area contributed by atoms with Gasteiger partial charge in [-0.05, 0) is 46.6 Å². The van der Waals surface area contributed by atoms with Crippen molar-refractivity contribution in [1.82, 2.24) is 9.80 Å². The minimum Gasteiger partial charge on any atom is -0.497 e. The summed E-state index contributed by atoms with van der Waals surface area (Å²) in [5.74, 6) is 1.03. The molecule has 0 aromatic heterocycles. The molecule has 0 N–H and O–H groups in total. The van der Waals surface area contributed by atoms with E-state index >= 15 is 0 Å². The molecule has 148 valence electrons. The van der Waals surface area contributed by atoms with Gasteiger partial charge >= 0.3 is 0 Å². The van der Waals surface area contributed by atoms with Crippen molar-refractivity contribution in [2.45, 2.75) is 6.42 Å². The maximum atomic E-state index is 13.0. The van der Waals surface area contributed by atoms with Gasteiger partial charge in [0, 0.05) is 42.3 Å². The highest BCUT2D eigenvalue weighted by Gasteiger charge is 2.25. The van der Waals surface area contributed by atoms with E-state index in [-0.39, 0.29) is 11.8 Å². The first-order valence-corrected chi connectivity index (χ1v) is 9.89. The van der Waals surface area contributed by atoms with Gasteiger partial charge in [-0.15, -0.1) is 0 Å². The van der Waals surface area contributed by atoms with E-state index in [9.17, 15) is 9.59 Å². The SMILES string of the molecule is COc1cc(OC)cc(C(=O)N2CCCN(C(=O)c3ccccc3Br)CC2)c1. The van der Waals surface area contributed by atoms with Crippen molar-refractivity contribution in [3.63, 3.8) is 0 Å². The molecule has 3 rings (SSSR count). The summed E-state index contributed by atoms with van der Waals surface area (Å²) in [4.78, 5) is 29.4. The summed E-state index contributed by atoms with van der Waals surface area (Å²) in [5, 5.41) is 0. The first kappa shape index (κ1) is 20.2. The molecule has 1 aliphatic rings. The summed E-state index contributed by atoms with van der Waals surface area (Å²) in [6.45, 7) is 2.19. The first-order valence-electron chi connectivity index (χ1n) is 9.09. The van der Waals surface area contributed by atoms with Crippen LogP contribution in [0.1, 0.15) is 27.1 Å². The largest absolute Gasteiger partial charge is 0.497 e. The third kappa shape index (κ3) is 4.47. The van der Waals surface area contributed by atoms with Gasteiger partial charge in [-0.25, -0.2) is 0 Å². The second-order valence-electron chi connectivity index (χ2n) is 6.52. The summed E-state index contributed by atoms with van der Waals surface area (Å²) in [5.41, 5.74) is 1.15. The third-order valence-electron chi connectivity index (χ3n) is 4.77. The van der Waals surface area contributed by atoms with Gasteiger partial charge in [0.2, 0.25) is 0 Å². The van der Waals surface area contributed by atoms with Crippen LogP contribution in [0.4, 0.5) is 0 Å². The van der Waals surface area contributed by atoms with E-state index in [1.54, 1.807) is 42.2 Å². The van der Waals surface area contributed by atoms with Gasteiger partial charge in [-0.2, -0.15) is 0 Å². The van der Waals surface area contributed by atoms with E-state index in [2.05, 4.69) is 15.9 Å². The van der Waals surface area contributed by atoms with E-state index in [1.165, 1.54) is 0 Å². The topological polar surface area (TPSA) is 59.1 Å². The molecule has 0 atom stereocenters. The zero-order valence-electron chi connectivity index (χ0n) is 16.0. The second kappa shape index (κ2) is 9.10. The molecule has 1 heterocycles. The molecule has 6 nitrogen and oxygen atoms in total. The lowest BCUT2D eigenvalue weighted by molar-refractivity contribution is 0.0718. The maximum absolute atomic E-state index is 13.0. The van der Waals surface area contributed by atoms with E-state index in [0.29, 0.717) is 48.8 Å². The van der Waals surface area contributed by atoms with Gasteiger partial charge in [-0.3, -0.25) is 9.59 Å². The molecule has 2 aromatic carbocycles. The van der Waals surface area contributed by atoms with Crippen molar-refractivity contribution in [3.8, 4) is 11.5 Å². The van der Waals surface area contributed by atoms with Crippen LogP contribution in [-0.2, 0) is 0 Å². The third-order valence-corrected chi connectivity index (χ3v) is 5.46. The molecule has 0 bridgehead atoms. The molecule has 0 unspecified atom stereocenters. The lowest BCUT2D eigenvalue weighted by Crippen LogP contribution is -2.37. The minimum atomic E-state index is -0.0904. The van der Waals surface area contributed by atoms with Crippen LogP contribution in [0.15, 0.2) is 46.9 Å². The van der Waals surface area contributed by atoms with Crippen LogP contribution >= 0.6 is 15.9 Å². The summed E-state index contributed by atoms with van der Waals surface area (Å²) in [7, 11) is 3.11. The van der Waals surface area contributed by atoms with Gasteiger partial charge in [0.05, 0.1) is 19.8 Å². The Labute approximate surface area is 173 Å². The van der Waals surface area contributed by atoms with Crippen LogP contribution < -0.4 is 9.47 Å². The number of rotatable bonds is 4. The highest BCUT2D eigenvalue weighted by Crippen LogP contribution is 2.24. The molecule has 1 aliphatic heterocycles. The van der Waals surface area contributed by atoms with Crippen molar-refractivity contribution in [2.24, 2.45) is 0 Å². The molecular formula is C21H23BrN2O4. The van der Waals surface area contributed by atoms with Gasteiger partial charge in [0.25, 0.3) is 11.8 Å². The van der Waals surface area contributed by atoms with E-state index in [0.717, 1.165) is 10.9 Å². The zero-order valence-corrected chi connectivity index (χ0v) is 17.6. The number of hydrogen-bond acceptors (Lipinski definition) is 4. The van der Waals surface area contributed by atoms with Crippen molar-refractivity contribution in [2.75, 3.05) is 40.4 Å². The van der Waals surface area contributed by atoms with Gasteiger partial charge in [0.15, 0.2) is 0 Å². The zero-order chi connectivity index (χ0) is 20.1. The predicted octanol–water partition coefficient (Wildman–Crippen LogP) is 3.45. The smallest absolute Gasteiger partial charge is 0.255 e. The van der Waals surface area contributed by atoms with Crippen LogP contribution in [0.5, 0.6) is 11.5 Å². The van der Waals surface area contributed by atoms with Gasteiger partial charge in [0.1, 0.15) is 11.5 Å². The maximum Gasteiger partial charge on any atom is 0.255 e. The Balaban J connectivity index is 1.72. The fraction of sp³-hybridized carbons (Fsp3) is 0.333. The summed E-state index contributed by atoms with van der Waals surface area (Å²) in [6.07, 6.45) is 0.725. The fourth-order valence-corrected chi connectivity index (χ4v) is 3.70. The molecule has 1 fully saturated rings. The highest BCUT2D eigenvalue weighted by molar-refractivity contribution is 9.10. The number of benzene rings is 2. The number of carbonyl (C=O) groups is 2. The Hall–Kier alpha value is -2.54. The Kier molecular flexibility index (Phi) is 6.57. The first-order chi connectivity index (χ1) is 13.5. The quantitative estimate of drug-likeness (QED) is 0.721. The standard InChI is InChI=1S/C21H23BrN2O4/c1-27-16-12-15(13-17(14-16)28-2)20(25)23-8-5-9-24(11-10-23)21(26)18-6-3-4-7-19(18)22/h3-4,6-7,12-14H,5,8-11H2,1-2H3. The van der Waals surface area contributed by atoms with Gasteiger partial charge in [-0.1, -0.05) is 12.1 Å². The van der Waals surface area contributed by atoms with Crippen LogP contribution in [0.3, 0.4) is 0 Å². The molecule has 2 amide bonds. The summed E-state index contributed by atoms with van der Waals surface area (Å²) < 4.78 is 11.3. The molecule has 1 saturated heterocycles. The molecule has 0 spiro atoms. The summed E-state index contributed by atoms with van der Waals surface area (Å²) >= 11 is 3.44. The number of methoxy groups -OCH3 is 2. The van der Waals surface area contributed by atoms with Crippen LogP contribution in [-0.4, -0.2) is 62.0 Å². The Bertz CT molecular complexity index is 849. The molecule has 0 saturated carbocycles. The molecule has 2 aromatic rings. The van der Waals surface area contributed by atoms with Crippen molar-refractivity contribution >= 4 is 27.7 Å². The van der Waals surface area contributed by atoms with Crippen molar-refractivity contribution < 1.29 is 19.1 Å². The molecular weight excluding hydrogens is 424 g/mol. The van der Waals surface area contributed by atoms with E-state index in [1.807, 2.05) is 24.3 Å². The highest BCUT2D eigenvalue weighted by atomic mass is 79.9. The number of amides is 2.